The van der Waals surface area contributed by atoms with Crippen molar-refractivity contribution >= 4 is 40.9 Å². The summed E-state index contributed by atoms with van der Waals surface area (Å²) in [4.78, 5) is 24.0. The van der Waals surface area contributed by atoms with E-state index in [4.69, 9.17) is 30.5 Å². The second kappa shape index (κ2) is 11.0. The first-order chi connectivity index (χ1) is 14.4. The van der Waals surface area contributed by atoms with Gasteiger partial charge in [0.1, 0.15) is 28.9 Å². The van der Waals surface area contributed by atoms with E-state index >= 15 is 0 Å². The zero-order chi connectivity index (χ0) is 22.1. The lowest BCUT2D eigenvalue weighted by atomic mass is 10.1. The molecule has 2 aromatic rings. The van der Waals surface area contributed by atoms with Crippen LogP contribution in [0.25, 0.3) is 6.08 Å². The second-order valence-electron chi connectivity index (χ2n) is 5.87. The number of carbonyl (C=O) groups excluding carboxylic acids is 2. The number of amides is 2. The van der Waals surface area contributed by atoms with Gasteiger partial charge in [0.25, 0.3) is 0 Å². The van der Waals surface area contributed by atoms with Crippen molar-refractivity contribution in [3.05, 3.63) is 42.0 Å². The van der Waals surface area contributed by atoms with Crippen LogP contribution in [0, 0.1) is 0 Å². The van der Waals surface area contributed by atoms with E-state index in [0.717, 1.165) is 0 Å². The summed E-state index contributed by atoms with van der Waals surface area (Å²) in [6, 6.07) is 8.22. The van der Waals surface area contributed by atoms with Gasteiger partial charge in [0.2, 0.25) is 11.8 Å². The van der Waals surface area contributed by atoms with Gasteiger partial charge in [-0.05, 0) is 24.3 Å². The number of alkyl halides is 1. The molecule has 2 rings (SSSR count). The van der Waals surface area contributed by atoms with Crippen molar-refractivity contribution in [1.29, 1.82) is 0 Å². The molecule has 30 heavy (non-hydrogen) atoms. The first-order valence-corrected chi connectivity index (χ1v) is 9.32. The molecule has 0 fully saturated rings. The summed E-state index contributed by atoms with van der Waals surface area (Å²) >= 11 is 5.53. The third kappa shape index (κ3) is 5.81. The number of benzene rings is 2. The normalized spacial score (nSPS) is 10.4. The van der Waals surface area contributed by atoms with Crippen LogP contribution in [0.1, 0.15) is 5.56 Å². The quantitative estimate of drug-likeness (QED) is 0.463. The topological polar surface area (TPSA) is 95.1 Å². The maximum atomic E-state index is 12.4. The van der Waals surface area contributed by atoms with Gasteiger partial charge in [0, 0.05) is 23.9 Å². The highest BCUT2D eigenvalue weighted by Gasteiger charge is 2.12. The van der Waals surface area contributed by atoms with Gasteiger partial charge < -0.3 is 29.6 Å². The molecule has 0 saturated carbocycles. The molecule has 9 heteroatoms. The molecule has 0 aliphatic rings. The Hall–Kier alpha value is -3.39. The Balaban J connectivity index is 2.22. The molecule has 8 nitrogen and oxygen atoms in total. The highest BCUT2D eigenvalue weighted by molar-refractivity contribution is 6.29. The third-order valence-corrected chi connectivity index (χ3v) is 4.26. The van der Waals surface area contributed by atoms with Crippen molar-refractivity contribution in [3.8, 4) is 23.0 Å². The molecule has 2 aromatic carbocycles. The van der Waals surface area contributed by atoms with Crippen molar-refractivity contribution in [2.75, 3.05) is 45.0 Å². The summed E-state index contributed by atoms with van der Waals surface area (Å²) in [5.41, 5.74) is 1.44. The van der Waals surface area contributed by atoms with E-state index in [1.807, 2.05) is 0 Å². The van der Waals surface area contributed by atoms with Crippen LogP contribution in [-0.4, -0.2) is 46.1 Å². The van der Waals surface area contributed by atoms with Gasteiger partial charge in [0.15, 0.2) is 0 Å². The van der Waals surface area contributed by atoms with Gasteiger partial charge in [0.05, 0.1) is 39.7 Å². The number of anilines is 2. The summed E-state index contributed by atoms with van der Waals surface area (Å²) in [7, 11) is 6.04. The smallest absolute Gasteiger partial charge is 0.248 e. The maximum Gasteiger partial charge on any atom is 0.248 e. The Bertz CT molecular complexity index is 920. The molecular weight excluding hydrogens is 412 g/mol. The first kappa shape index (κ1) is 22.9. The summed E-state index contributed by atoms with van der Waals surface area (Å²) in [5, 5.41) is 5.33. The molecule has 0 unspecified atom stereocenters. The number of hydrogen-bond donors (Lipinski definition) is 2. The summed E-state index contributed by atoms with van der Waals surface area (Å²) in [5.74, 6) is 1.00. The predicted octanol–water partition coefficient (Wildman–Crippen LogP) is 3.55. The van der Waals surface area contributed by atoms with Gasteiger partial charge in [-0.1, -0.05) is 0 Å². The zero-order valence-electron chi connectivity index (χ0n) is 17.1. The van der Waals surface area contributed by atoms with Crippen LogP contribution in [0.3, 0.4) is 0 Å². The molecule has 0 heterocycles. The molecule has 160 valence electrons. The van der Waals surface area contributed by atoms with Gasteiger partial charge in [-0.3, -0.25) is 9.59 Å². The minimum absolute atomic E-state index is 0.200. The maximum absolute atomic E-state index is 12.4. The van der Waals surface area contributed by atoms with E-state index in [0.29, 0.717) is 39.9 Å². The average molecular weight is 435 g/mol. The molecule has 2 N–H and O–H groups in total. The Labute approximate surface area is 179 Å². The fraction of sp³-hybridized carbons (Fsp3) is 0.238. The summed E-state index contributed by atoms with van der Waals surface area (Å²) < 4.78 is 21.1. The average Bonchev–Trinajstić information content (AvgIpc) is 2.77. The lowest BCUT2D eigenvalue weighted by Crippen LogP contribution is -2.14. The SMILES string of the molecule is COc1cc(OC)c(/C=C/C(=O)Nc2ccc(OC)c(NC(=O)CCl)c2)c(OC)c1. The van der Waals surface area contributed by atoms with Crippen LogP contribution in [-0.2, 0) is 9.59 Å². The second-order valence-corrected chi connectivity index (χ2v) is 6.13. The van der Waals surface area contributed by atoms with Crippen molar-refractivity contribution in [1.82, 2.24) is 0 Å². The Morgan fingerprint density at radius 2 is 1.53 bits per heavy atom. The van der Waals surface area contributed by atoms with Gasteiger partial charge in [-0.2, -0.15) is 0 Å². The number of ether oxygens (including phenoxy) is 4. The molecule has 0 aliphatic carbocycles. The van der Waals surface area contributed by atoms with Crippen molar-refractivity contribution in [2.24, 2.45) is 0 Å². The van der Waals surface area contributed by atoms with Crippen LogP contribution < -0.4 is 29.6 Å². The highest BCUT2D eigenvalue weighted by atomic mass is 35.5. The number of rotatable bonds is 9. The number of methoxy groups -OCH3 is 4. The molecule has 0 aromatic heterocycles. The van der Waals surface area contributed by atoms with Crippen LogP contribution in [0.4, 0.5) is 11.4 Å². The summed E-state index contributed by atoms with van der Waals surface area (Å²) in [6.45, 7) is 0. The highest BCUT2D eigenvalue weighted by Crippen LogP contribution is 2.35. The van der Waals surface area contributed by atoms with E-state index in [2.05, 4.69) is 10.6 Å². The molecule has 2 amide bonds. The van der Waals surface area contributed by atoms with E-state index in [-0.39, 0.29) is 5.88 Å². The fourth-order valence-corrected chi connectivity index (χ4v) is 2.67. The van der Waals surface area contributed by atoms with E-state index in [9.17, 15) is 9.59 Å². The molecule has 0 saturated heterocycles. The van der Waals surface area contributed by atoms with Crippen molar-refractivity contribution < 1.29 is 28.5 Å². The fourth-order valence-electron chi connectivity index (χ4n) is 2.61. The first-order valence-electron chi connectivity index (χ1n) is 8.78. The van der Waals surface area contributed by atoms with E-state index in [1.54, 1.807) is 36.4 Å². The molecular formula is C21H23ClN2O6. The number of hydrogen-bond acceptors (Lipinski definition) is 6. The van der Waals surface area contributed by atoms with E-state index < -0.39 is 11.8 Å². The number of halogens is 1. The van der Waals surface area contributed by atoms with Crippen LogP contribution in [0.15, 0.2) is 36.4 Å². The molecule has 0 radical (unpaired) electrons. The van der Waals surface area contributed by atoms with Gasteiger partial charge in [-0.25, -0.2) is 0 Å². The van der Waals surface area contributed by atoms with Crippen molar-refractivity contribution in [2.45, 2.75) is 0 Å². The number of nitrogens with one attached hydrogen (secondary N) is 2. The number of carbonyl (C=O) groups is 2. The Kier molecular flexibility index (Phi) is 8.37. The molecule has 0 bridgehead atoms. The van der Waals surface area contributed by atoms with Crippen LogP contribution >= 0.6 is 11.6 Å². The van der Waals surface area contributed by atoms with E-state index in [1.165, 1.54) is 34.5 Å². The monoisotopic (exact) mass is 434 g/mol. The van der Waals surface area contributed by atoms with Crippen molar-refractivity contribution in [3.63, 3.8) is 0 Å². The van der Waals surface area contributed by atoms with Gasteiger partial charge in [-0.15, -0.1) is 11.6 Å². The van der Waals surface area contributed by atoms with Gasteiger partial charge >= 0.3 is 0 Å². The Morgan fingerprint density at radius 1 is 0.900 bits per heavy atom. The minimum atomic E-state index is -0.394. The largest absolute Gasteiger partial charge is 0.496 e. The molecule has 0 aliphatic heterocycles. The lowest BCUT2D eigenvalue weighted by molar-refractivity contribution is -0.114. The standard InChI is InChI=1S/C21H23ClN2O6/c1-27-14-10-18(29-3)15(19(11-14)30-4)6-8-20(25)23-13-5-7-17(28-2)16(9-13)24-21(26)12-22/h5-11H,12H2,1-4H3,(H,23,25)(H,24,26)/b8-6+. The summed E-state index contributed by atoms with van der Waals surface area (Å²) in [6.07, 6.45) is 2.92. The minimum Gasteiger partial charge on any atom is -0.496 e. The van der Waals surface area contributed by atoms with Crippen LogP contribution in [0.5, 0.6) is 23.0 Å². The zero-order valence-corrected chi connectivity index (χ0v) is 17.8. The third-order valence-electron chi connectivity index (χ3n) is 4.02. The molecule has 0 spiro atoms. The van der Waals surface area contributed by atoms with Crippen LogP contribution in [0.2, 0.25) is 0 Å². The predicted molar refractivity (Wildman–Crippen MR) is 116 cm³/mol. The molecule has 0 atom stereocenters. The lowest BCUT2D eigenvalue weighted by Gasteiger charge is -2.13. The Morgan fingerprint density at radius 3 is 2.07 bits per heavy atom.